The molecule has 1 saturated heterocycles. The number of carbonyl (C=O) groups excluding carboxylic acids is 1. The van der Waals surface area contributed by atoms with E-state index in [1.807, 2.05) is 11.0 Å². The van der Waals surface area contributed by atoms with Gasteiger partial charge in [-0.15, -0.1) is 0 Å². The fourth-order valence-electron chi connectivity index (χ4n) is 2.27. The molecule has 0 aromatic heterocycles. The van der Waals surface area contributed by atoms with Crippen molar-refractivity contribution < 1.29 is 9.18 Å². The van der Waals surface area contributed by atoms with E-state index < -0.39 is 5.82 Å². The monoisotopic (exact) mass is 247 g/mol. The molecule has 2 rings (SSSR count). The SMILES string of the molecule is CC(=O)NC1CCN(c2cccc(F)c2C#N)C1. The van der Waals surface area contributed by atoms with E-state index in [4.69, 9.17) is 5.26 Å². The van der Waals surface area contributed by atoms with Crippen molar-refractivity contribution >= 4 is 11.6 Å². The first-order chi connectivity index (χ1) is 8.61. The van der Waals surface area contributed by atoms with E-state index in [0.29, 0.717) is 18.8 Å². The summed E-state index contributed by atoms with van der Waals surface area (Å²) in [5.74, 6) is -0.570. The zero-order chi connectivity index (χ0) is 13.1. The van der Waals surface area contributed by atoms with Crippen molar-refractivity contribution in [1.82, 2.24) is 5.32 Å². The minimum absolute atomic E-state index is 0.0670. The first-order valence-electron chi connectivity index (χ1n) is 5.82. The van der Waals surface area contributed by atoms with Crippen molar-refractivity contribution in [2.75, 3.05) is 18.0 Å². The molecule has 1 aliphatic rings. The lowest BCUT2D eigenvalue weighted by Crippen LogP contribution is -2.35. The quantitative estimate of drug-likeness (QED) is 0.859. The highest BCUT2D eigenvalue weighted by Crippen LogP contribution is 2.26. The van der Waals surface area contributed by atoms with Gasteiger partial charge in [-0.25, -0.2) is 4.39 Å². The Balaban J connectivity index is 2.17. The molecule has 5 heteroatoms. The molecule has 0 saturated carbocycles. The molecule has 1 fully saturated rings. The largest absolute Gasteiger partial charge is 0.368 e. The highest BCUT2D eigenvalue weighted by atomic mass is 19.1. The van der Waals surface area contributed by atoms with Crippen molar-refractivity contribution in [3.05, 3.63) is 29.6 Å². The lowest BCUT2D eigenvalue weighted by molar-refractivity contribution is -0.119. The molecule has 1 aliphatic heterocycles. The van der Waals surface area contributed by atoms with Crippen molar-refractivity contribution in [1.29, 1.82) is 5.26 Å². The van der Waals surface area contributed by atoms with Crippen LogP contribution in [-0.4, -0.2) is 25.0 Å². The average molecular weight is 247 g/mol. The molecule has 0 radical (unpaired) electrons. The molecule has 1 aromatic carbocycles. The van der Waals surface area contributed by atoms with Crippen LogP contribution < -0.4 is 10.2 Å². The molecule has 94 valence electrons. The first-order valence-corrected chi connectivity index (χ1v) is 5.82. The number of benzene rings is 1. The maximum absolute atomic E-state index is 13.5. The van der Waals surface area contributed by atoms with Gasteiger partial charge in [0, 0.05) is 26.1 Å². The van der Waals surface area contributed by atoms with Crippen LogP contribution in [0.2, 0.25) is 0 Å². The third kappa shape index (κ3) is 2.43. The molecule has 1 N–H and O–H groups in total. The Bertz CT molecular complexity index is 509. The predicted octanol–water partition coefficient (Wildman–Crippen LogP) is 1.41. The van der Waals surface area contributed by atoms with Crippen molar-refractivity contribution in [2.45, 2.75) is 19.4 Å². The number of carbonyl (C=O) groups is 1. The zero-order valence-electron chi connectivity index (χ0n) is 10.1. The van der Waals surface area contributed by atoms with Crippen LogP contribution in [0, 0.1) is 17.1 Å². The molecule has 18 heavy (non-hydrogen) atoms. The standard InChI is InChI=1S/C13H14FN3O/c1-9(18)16-10-5-6-17(8-10)13-4-2-3-12(14)11(13)7-15/h2-4,10H,5-6,8H2,1H3,(H,16,18). The van der Waals surface area contributed by atoms with Gasteiger partial charge in [0.25, 0.3) is 0 Å². The number of nitrogens with zero attached hydrogens (tertiary/aromatic N) is 2. The van der Waals surface area contributed by atoms with Gasteiger partial charge in [-0.3, -0.25) is 4.79 Å². The van der Waals surface area contributed by atoms with E-state index in [2.05, 4.69) is 5.32 Å². The van der Waals surface area contributed by atoms with Crippen LogP contribution in [0.3, 0.4) is 0 Å². The van der Waals surface area contributed by atoms with Gasteiger partial charge in [0.05, 0.1) is 5.69 Å². The number of rotatable bonds is 2. The summed E-state index contributed by atoms with van der Waals surface area (Å²) in [4.78, 5) is 12.9. The minimum Gasteiger partial charge on any atom is -0.368 e. The summed E-state index contributed by atoms with van der Waals surface area (Å²) in [5.41, 5.74) is 0.673. The average Bonchev–Trinajstić information content (AvgIpc) is 2.76. The second-order valence-corrected chi connectivity index (χ2v) is 4.38. The van der Waals surface area contributed by atoms with E-state index in [-0.39, 0.29) is 17.5 Å². The van der Waals surface area contributed by atoms with Crippen LogP contribution in [0.5, 0.6) is 0 Å². The summed E-state index contributed by atoms with van der Waals surface area (Å²) >= 11 is 0. The molecule has 1 atom stereocenters. The summed E-state index contributed by atoms with van der Waals surface area (Å²) in [6.07, 6.45) is 0.807. The Labute approximate surface area is 105 Å². The molecular formula is C13H14FN3O. The van der Waals surface area contributed by atoms with Gasteiger partial charge in [-0.1, -0.05) is 6.07 Å². The summed E-state index contributed by atoms with van der Waals surface area (Å²) in [6.45, 7) is 2.80. The summed E-state index contributed by atoms with van der Waals surface area (Å²) in [6, 6.07) is 6.57. The molecule has 1 unspecified atom stereocenters. The summed E-state index contributed by atoms with van der Waals surface area (Å²) in [7, 11) is 0. The van der Waals surface area contributed by atoms with Gasteiger partial charge in [0.2, 0.25) is 5.91 Å². The second kappa shape index (κ2) is 5.05. The van der Waals surface area contributed by atoms with Crippen LogP contribution in [-0.2, 0) is 4.79 Å². The maximum Gasteiger partial charge on any atom is 0.217 e. The summed E-state index contributed by atoms with van der Waals surface area (Å²) in [5, 5.41) is 11.8. The van der Waals surface area contributed by atoms with Crippen molar-refractivity contribution in [3.63, 3.8) is 0 Å². The molecule has 0 aliphatic carbocycles. The molecule has 0 spiro atoms. The van der Waals surface area contributed by atoms with Crippen LogP contribution >= 0.6 is 0 Å². The fourth-order valence-corrected chi connectivity index (χ4v) is 2.27. The number of nitrogens with one attached hydrogen (secondary N) is 1. The number of anilines is 1. The Morgan fingerprint density at radius 1 is 1.61 bits per heavy atom. The van der Waals surface area contributed by atoms with Gasteiger partial charge in [-0.2, -0.15) is 5.26 Å². The van der Waals surface area contributed by atoms with Gasteiger partial charge >= 0.3 is 0 Å². The van der Waals surface area contributed by atoms with Crippen LogP contribution in [0.15, 0.2) is 18.2 Å². The van der Waals surface area contributed by atoms with Gasteiger partial charge < -0.3 is 10.2 Å². The van der Waals surface area contributed by atoms with Gasteiger partial charge in [-0.05, 0) is 18.6 Å². The third-order valence-corrected chi connectivity index (χ3v) is 3.04. The highest BCUT2D eigenvalue weighted by molar-refractivity contribution is 5.73. The number of nitriles is 1. The van der Waals surface area contributed by atoms with Crippen molar-refractivity contribution in [3.8, 4) is 6.07 Å². The Hall–Kier alpha value is -2.09. The topological polar surface area (TPSA) is 56.1 Å². The fraction of sp³-hybridized carbons (Fsp3) is 0.385. The van der Waals surface area contributed by atoms with E-state index in [1.165, 1.54) is 13.0 Å². The Morgan fingerprint density at radius 3 is 3.06 bits per heavy atom. The smallest absolute Gasteiger partial charge is 0.217 e. The molecular weight excluding hydrogens is 233 g/mol. The molecule has 1 amide bonds. The van der Waals surface area contributed by atoms with E-state index >= 15 is 0 Å². The van der Waals surface area contributed by atoms with Crippen LogP contribution in [0.4, 0.5) is 10.1 Å². The van der Waals surface area contributed by atoms with Crippen molar-refractivity contribution in [2.24, 2.45) is 0 Å². The van der Waals surface area contributed by atoms with Gasteiger partial charge in [0.15, 0.2) is 0 Å². The number of amides is 1. The summed E-state index contributed by atoms with van der Waals surface area (Å²) < 4.78 is 13.5. The molecule has 1 heterocycles. The van der Waals surface area contributed by atoms with Crippen LogP contribution in [0.25, 0.3) is 0 Å². The lowest BCUT2D eigenvalue weighted by atomic mass is 10.1. The predicted molar refractivity (Wildman–Crippen MR) is 65.5 cm³/mol. The van der Waals surface area contributed by atoms with E-state index in [9.17, 15) is 9.18 Å². The normalized spacial score (nSPS) is 18.5. The molecule has 0 bridgehead atoms. The number of hydrogen-bond acceptors (Lipinski definition) is 3. The van der Waals surface area contributed by atoms with E-state index in [1.54, 1.807) is 12.1 Å². The maximum atomic E-state index is 13.5. The third-order valence-electron chi connectivity index (χ3n) is 3.04. The second-order valence-electron chi connectivity index (χ2n) is 4.38. The number of halogens is 1. The zero-order valence-corrected chi connectivity index (χ0v) is 10.1. The number of hydrogen-bond donors (Lipinski definition) is 1. The Kier molecular flexibility index (Phi) is 3.47. The Morgan fingerprint density at radius 2 is 2.39 bits per heavy atom. The molecule has 4 nitrogen and oxygen atoms in total. The van der Waals surface area contributed by atoms with Gasteiger partial charge in [0.1, 0.15) is 17.4 Å². The molecule has 1 aromatic rings. The first kappa shape index (κ1) is 12.4. The minimum atomic E-state index is -0.502. The highest BCUT2D eigenvalue weighted by Gasteiger charge is 2.25. The van der Waals surface area contributed by atoms with Crippen LogP contribution in [0.1, 0.15) is 18.9 Å². The van der Waals surface area contributed by atoms with E-state index in [0.717, 1.165) is 6.42 Å². The lowest BCUT2D eigenvalue weighted by Gasteiger charge is -2.20.